The van der Waals surface area contributed by atoms with E-state index in [-0.39, 0.29) is 56.4 Å². The lowest BCUT2D eigenvalue weighted by Crippen LogP contribution is -2.50. The lowest BCUT2D eigenvalue weighted by molar-refractivity contribution is -0.147. The number of amides is 1. The molecule has 1 amide bonds. The molecule has 9 nitrogen and oxygen atoms in total. The fraction of sp³-hybridized carbons (Fsp3) is 0.292. The van der Waals surface area contributed by atoms with Gasteiger partial charge < -0.3 is 14.1 Å². The molecule has 4 rings (SSSR count). The van der Waals surface area contributed by atoms with E-state index in [1.807, 2.05) is 30.3 Å². The van der Waals surface area contributed by atoms with Crippen LogP contribution in [-0.2, 0) is 31.0 Å². The molecule has 2 heterocycles. The molecule has 1 aromatic heterocycles. The van der Waals surface area contributed by atoms with Crippen molar-refractivity contribution in [3.63, 3.8) is 0 Å². The summed E-state index contributed by atoms with van der Waals surface area (Å²) in [6.45, 7) is 0.808. The maximum Gasteiger partial charge on any atom is 0.306 e. The molecule has 0 N–H and O–H groups in total. The van der Waals surface area contributed by atoms with Crippen LogP contribution in [0.15, 0.2) is 70.2 Å². The number of aromatic nitrogens is 1. The second kappa shape index (κ2) is 11.0. The molecule has 2 aromatic carbocycles. The Morgan fingerprint density at radius 2 is 1.66 bits per heavy atom. The van der Waals surface area contributed by atoms with E-state index in [1.54, 1.807) is 4.90 Å². The van der Waals surface area contributed by atoms with Gasteiger partial charge in [0, 0.05) is 43.2 Å². The summed E-state index contributed by atoms with van der Waals surface area (Å²) in [6, 6.07) is 15.3. The lowest BCUT2D eigenvalue weighted by atomic mass is 10.2. The average Bonchev–Trinajstić information content (AvgIpc) is 3.36. The topological polar surface area (TPSA) is 110 Å². The lowest BCUT2D eigenvalue weighted by Gasteiger charge is -2.34. The van der Waals surface area contributed by atoms with Crippen molar-refractivity contribution in [2.24, 2.45) is 0 Å². The number of hydrogen-bond acceptors (Lipinski definition) is 7. The van der Waals surface area contributed by atoms with E-state index in [1.165, 1.54) is 34.8 Å². The van der Waals surface area contributed by atoms with Crippen molar-refractivity contribution >= 4 is 33.5 Å². The summed E-state index contributed by atoms with van der Waals surface area (Å²) in [7, 11) is -3.65. The van der Waals surface area contributed by atoms with Gasteiger partial charge in [-0.1, -0.05) is 29.8 Å². The van der Waals surface area contributed by atoms with Gasteiger partial charge in [0.05, 0.1) is 11.3 Å². The van der Waals surface area contributed by atoms with Crippen LogP contribution in [0, 0.1) is 0 Å². The van der Waals surface area contributed by atoms with Crippen molar-refractivity contribution in [2.75, 3.05) is 26.2 Å². The van der Waals surface area contributed by atoms with Crippen molar-refractivity contribution in [1.29, 1.82) is 0 Å². The van der Waals surface area contributed by atoms with Crippen LogP contribution in [0.5, 0.6) is 0 Å². The molecule has 11 heteroatoms. The van der Waals surface area contributed by atoms with Crippen molar-refractivity contribution in [3.8, 4) is 11.5 Å². The van der Waals surface area contributed by atoms with Gasteiger partial charge in [-0.25, -0.2) is 13.4 Å². The Bertz CT molecular complexity index is 1270. The molecular formula is C24H24ClN3O6S. The molecule has 184 valence electrons. The van der Waals surface area contributed by atoms with E-state index in [0.717, 1.165) is 5.56 Å². The third kappa shape index (κ3) is 6.27. The van der Waals surface area contributed by atoms with Gasteiger partial charge in [0.2, 0.25) is 21.8 Å². The first-order valence-electron chi connectivity index (χ1n) is 11.0. The van der Waals surface area contributed by atoms with Crippen molar-refractivity contribution in [2.45, 2.75) is 24.3 Å². The second-order valence-electron chi connectivity index (χ2n) is 7.91. The number of carbonyl (C=O) groups excluding carboxylic acids is 2. The van der Waals surface area contributed by atoms with Crippen molar-refractivity contribution < 1.29 is 27.2 Å². The van der Waals surface area contributed by atoms with Crippen LogP contribution in [0.25, 0.3) is 11.5 Å². The van der Waals surface area contributed by atoms with Gasteiger partial charge in [-0.05, 0) is 36.4 Å². The first-order valence-corrected chi connectivity index (χ1v) is 12.8. The zero-order valence-corrected chi connectivity index (χ0v) is 20.4. The van der Waals surface area contributed by atoms with E-state index in [2.05, 4.69) is 4.98 Å². The molecule has 0 bridgehead atoms. The normalized spacial score (nSPS) is 14.6. The minimum atomic E-state index is -3.65. The summed E-state index contributed by atoms with van der Waals surface area (Å²) in [5.74, 6) is -0.311. The van der Waals surface area contributed by atoms with E-state index in [4.69, 9.17) is 20.8 Å². The van der Waals surface area contributed by atoms with Gasteiger partial charge in [0.25, 0.3) is 0 Å². The number of rotatable bonds is 8. The highest BCUT2D eigenvalue weighted by Crippen LogP contribution is 2.21. The molecule has 3 aromatic rings. The van der Waals surface area contributed by atoms with Crippen LogP contribution in [-0.4, -0.2) is 60.7 Å². The van der Waals surface area contributed by atoms with E-state index in [9.17, 15) is 18.0 Å². The smallest absolute Gasteiger partial charge is 0.306 e. The summed E-state index contributed by atoms with van der Waals surface area (Å²) < 4.78 is 37.5. The number of carbonyl (C=O) groups is 2. The highest BCUT2D eigenvalue weighted by atomic mass is 35.5. The summed E-state index contributed by atoms with van der Waals surface area (Å²) in [5, 5.41) is 0.454. The number of esters is 1. The quantitative estimate of drug-likeness (QED) is 0.421. The summed E-state index contributed by atoms with van der Waals surface area (Å²) in [4.78, 5) is 30.6. The molecule has 1 aliphatic heterocycles. The maximum atomic E-state index is 12.8. The fourth-order valence-electron chi connectivity index (χ4n) is 3.61. The highest BCUT2D eigenvalue weighted by Gasteiger charge is 2.30. The van der Waals surface area contributed by atoms with E-state index >= 15 is 0 Å². The molecule has 0 saturated carbocycles. The monoisotopic (exact) mass is 517 g/mol. The van der Waals surface area contributed by atoms with Crippen molar-refractivity contribution in [1.82, 2.24) is 14.2 Å². The molecule has 0 atom stereocenters. The van der Waals surface area contributed by atoms with Crippen LogP contribution in [0.2, 0.25) is 5.02 Å². The third-order valence-electron chi connectivity index (χ3n) is 5.54. The second-order valence-corrected chi connectivity index (χ2v) is 10.3. The van der Waals surface area contributed by atoms with Gasteiger partial charge in [0.15, 0.2) is 0 Å². The Morgan fingerprint density at radius 1 is 0.971 bits per heavy atom. The maximum absolute atomic E-state index is 12.8. The van der Waals surface area contributed by atoms with Crippen LogP contribution in [0.4, 0.5) is 0 Å². The predicted molar refractivity (Wildman–Crippen MR) is 128 cm³/mol. The summed E-state index contributed by atoms with van der Waals surface area (Å²) in [6.07, 6.45) is 1.33. The van der Waals surface area contributed by atoms with E-state index < -0.39 is 16.0 Å². The highest BCUT2D eigenvalue weighted by molar-refractivity contribution is 7.89. The first kappa shape index (κ1) is 24.9. The Labute approximate surface area is 208 Å². The molecule has 1 fully saturated rings. The SMILES string of the molecule is O=C(CCC(=O)N1CCN(S(=O)(=O)c2ccc(Cl)cc2)CC1)OCc1coc(-c2ccccc2)n1. The number of benzene rings is 2. The molecule has 0 radical (unpaired) electrons. The third-order valence-corrected chi connectivity index (χ3v) is 7.70. The molecule has 1 aliphatic rings. The van der Waals surface area contributed by atoms with Crippen LogP contribution in [0.1, 0.15) is 18.5 Å². The van der Waals surface area contributed by atoms with Gasteiger partial charge in [-0.3, -0.25) is 9.59 Å². The summed E-state index contributed by atoms with van der Waals surface area (Å²) >= 11 is 5.84. The van der Waals surface area contributed by atoms with Crippen LogP contribution < -0.4 is 0 Å². The Balaban J connectivity index is 1.20. The molecule has 35 heavy (non-hydrogen) atoms. The average molecular weight is 518 g/mol. The van der Waals surface area contributed by atoms with Crippen LogP contribution in [0.3, 0.4) is 0 Å². The zero-order chi connectivity index (χ0) is 24.8. The number of sulfonamides is 1. The van der Waals surface area contributed by atoms with Crippen molar-refractivity contribution in [3.05, 3.63) is 71.6 Å². The van der Waals surface area contributed by atoms with Gasteiger partial charge >= 0.3 is 5.97 Å². The number of halogens is 1. The minimum absolute atomic E-state index is 0.0170. The Hall–Kier alpha value is -3.21. The molecule has 0 spiro atoms. The number of hydrogen-bond donors (Lipinski definition) is 0. The number of piperazine rings is 1. The number of ether oxygens (including phenoxy) is 1. The largest absolute Gasteiger partial charge is 0.459 e. The molecule has 0 unspecified atom stereocenters. The minimum Gasteiger partial charge on any atom is -0.459 e. The van der Waals surface area contributed by atoms with E-state index in [0.29, 0.717) is 16.6 Å². The van der Waals surface area contributed by atoms with Gasteiger partial charge in [-0.15, -0.1) is 0 Å². The molecule has 1 saturated heterocycles. The molecular weight excluding hydrogens is 494 g/mol. The first-order chi connectivity index (χ1) is 16.8. The Kier molecular flexibility index (Phi) is 7.84. The predicted octanol–water partition coefficient (Wildman–Crippen LogP) is 3.35. The fourth-order valence-corrected chi connectivity index (χ4v) is 5.16. The standard InChI is InChI=1S/C24H24ClN3O6S/c25-19-6-8-21(9-7-19)35(31,32)28-14-12-27(13-15-28)22(29)10-11-23(30)33-16-20-17-34-24(26-20)18-4-2-1-3-5-18/h1-9,17H,10-16H2. The van der Waals surface area contributed by atoms with Gasteiger partial charge in [-0.2, -0.15) is 4.31 Å². The Morgan fingerprint density at radius 3 is 2.34 bits per heavy atom. The molecule has 0 aliphatic carbocycles. The number of oxazole rings is 1. The summed E-state index contributed by atoms with van der Waals surface area (Å²) in [5.41, 5.74) is 1.29. The van der Waals surface area contributed by atoms with Gasteiger partial charge in [0.1, 0.15) is 18.6 Å². The number of nitrogens with zero attached hydrogens (tertiary/aromatic N) is 3. The zero-order valence-electron chi connectivity index (χ0n) is 18.8. The van der Waals surface area contributed by atoms with Crippen LogP contribution >= 0.6 is 11.6 Å².